The molecule has 0 radical (unpaired) electrons. The van der Waals surface area contributed by atoms with E-state index < -0.39 is 6.55 Å². The van der Waals surface area contributed by atoms with Crippen LogP contribution in [0, 0.1) is 6.92 Å². The summed E-state index contributed by atoms with van der Waals surface area (Å²) in [6.07, 6.45) is 5.48. The number of likely N-dealkylation sites (tertiary alicyclic amines) is 1. The van der Waals surface area contributed by atoms with Crippen molar-refractivity contribution in [2.24, 2.45) is 0 Å². The lowest BCUT2D eigenvalue weighted by Gasteiger charge is -2.40. The molecule has 1 amide bonds. The Morgan fingerprint density at radius 1 is 1.19 bits per heavy atom. The number of carbonyl (C=O) groups is 1. The third-order valence-corrected chi connectivity index (χ3v) is 6.46. The Morgan fingerprint density at radius 2 is 2.00 bits per heavy atom. The van der Waals surface area contributed by atoms with Crippen LogP contribution in [0.2, 0.25) is 0 Å². The van der Waals surface area contributed by atoms with Gasteiger partial charge in [-0.25, -0.2) is 14.6 Å². The summed E-state index contributed by atoms with van der Waals surface area (Å²) in [6, 6.07) is 11.3. The van der Waals surface area contributed by atoms with Gasteiger partial charge in [-0.2, -0.15) is 13.9 Å². The van der Waals surface area contributed by atoms with Gasteiger partial charge < -0.3 is 4.90 Å². The molecule has 2 aromatic heterocycles. The van der Waals surface area contributed by atoms with Crippen molar-refractivity contribution in [2.75, 3.05) is 13.1 Å². The van der Waals surface area contributed by atoms with Crippen LogP contribution in [-0.4, -0.2) is 43.6 Å². The maximum absolute atomic E-state index is 13.1. The molecule has 3 heterocycles. The average molecular weight is 423 g/mol. The highest BCUT2D eigenvalue weighted by atomic mass is 19.3. The predicted molar refractivity (Wildman–Crippen MR) is 111 cm³/mol. The van der Waals surface area contributed by atoms with Crippen LogP contribution in [0.3, 0.4) is 0 Å². The molecule has 31 heavy (non-hydrogen) atoms. The van der Waals surface area contributed by atoms with Gasteiger partial charge in [0, 0.05) is 36.0 Å². The molecule has 0 bridgehead atoms. The van der Waals surface area contributed by atoms with Crippen LogP contribution >= 0.6 is 0 Å². The van der Waals surface area contributed by atoms with Gasteiger partial charge in [-0.3, -0.25) is 4.79 Å². The summed E-state index contributed by atoms with van der Waals surface area (Å²) < 4.78 is 26.8. The van der Waals surface area contributed by atoms with Crippen LogP contribution in [0.15, 0.2) is 42.6 Å². The fourth-order valence-electron chi connectivity index (χ4n) is 4.92. The molecule has 1 atom stereocenters. The van der Waals surface area contributed by atoms with Crippen molar-refractivity contribution < 1.29 is 13.6 Å². The molecule has 0 N–H and O–H groups in total. The first-order valence-corrected chi connectivity index (χ1v) is 10.5. The number of alkyl halides is 2. The molecule has 1 saturated heterocycles. The highest BCUT2D eigenvalue weighted by Crippen LogP contribution is 2.44. The first-order chi connectivity index (χ1) is 15.0. The van der Waals surface area contributed by atoms with Crippen LogP contribution in [-0.2, 0) is 11.8 Å². The minimum atomic E-state index is -2.76. The quantitative estimate of drug-likeness (QED) is 0.635. The Balaban J connectivity index is 1.45. The van der Waals surface area contributed by atoms with Crippen LogP contribution in [0.5, 0.6) is 0 Å². The lowest BCUT2D eigenvalue weighted by atomic mass is 9.77. The zero-order chi connectivity index (χ0) is 21.6. The van der Waals surface area contributed by atoms with Gasteiger partial charge in [0.15, 0.2) is 11.5 Å². The summed E-state index contributed by atoms with van der Waals surface area (Å²) >= 11 is 0. The second kappa shape index (κ2) is 7.51. The van der Waals surface area contributed by atoms with E-state index in [4.69, 9.17) is 4.98 Å². The number of hydrogen-bond acceptors (Lipinski definition) is 4. The van der Waals surface area contributed by atoms with Crippen molar-refractivity contribution in [2.45, 2.75) is 44.6 Å². The van der Waals surface area contributed by atoms with E-state index in [1.807, 2.05) is 36.5 Å². The third kappa shape index (κ3) is 3.40. The van der Waals surface area contributed by atoms with Crippen molar-refractivity contribution in [3.05, 3.63) is 65.2 Å². The van der Waals surface area contributed by atoms with Gasteiger partial charge in [0.1, 0.15) is 0 Å². The van der Waals surface area contributed by atoms with E-state index in [0.29, 0.717) is 23.6 Å². The molecule has 1 aliphatic carbocycles. The Morgan fingerprint density at radius 3 is 2.74 bits per heavy atom. The van der Waals surface area contributed by atoms with Gasteiger partial charge in [0.05, 0.1) is 5.69 Å². The van der Waals surface area contributed by atoms with Crippen molar-refractivity contribution in [1.29, 1.82) is 0 Å². The minimum Gasteiger partial charge on any atom is -0.336 e. The predicted octanol–water partition coefficient (Wildman–Crippen LogP) is 4.16. The highest BCUT2D eigenvalue weighted by Gasteiger charge is 2.45. The number of aromatic nitrogens is 4. The van der Waals surface area contributed by atoms with Gasteiger partial charge in [-0.1, -0.05) is 30.3 Å². The van der Waals surface area contributed by atoms with Crippen LogP contribution in [0.4, 0.5) is 8.78 Å². The number of aryl methyl sites for hydroxylation is 2. The number of halogens is 2. The van der Waals surface area contributed by atoms with E-state index in [2.05, 4.69) is 10.1 Å². The molecular weight excluding hydrogens is 400 g/mol. The van der Waals surface area contributed by atoms with Gasteiger partial charge in [0.25, 0.3) is 5.91 Å². The highest BCUT2D eigenvalue weighted by molar-refractivity contribution is 5.92. The van der Waals surface area contributed by atoms with E-state index in [1.54, 1.807) is 4.90 Å². The van der Waals surface area contributed by atoms with Gasteiger partial charge in [0.2, 0.25) is 0 Å². The van der Waals surface area contributed by atoms with E-state index in [9.17, 15) is 13.6 Å². The maximum Gasteiger partial charge on any atom is 0.333 e. The second-order valence-corrected chi connectivity index (χ2v) is 8.44. The van der Waals surface area contributed by atoms with E-state index >= 15 is 0 Å². The van der Waals surface area contributed by atoms with Crippen LogP contribution in [0.25, 0.3) is 11.4 Å². The smallest absolute Gasteiger partial charge is 0.333 e. The molecule has 0 saturated carbocycles. The lowest BCUT2D eigenvalue weighted by molar-refractivity contribution is 0.0518. The molecule has 1 unspecified atom stereocenters. The Bertz CT molecular complexity index is 1130. The van der Waals surface area contributed by atoms with Gasteiger partial charge >= 0.3 is 6.55 Å². The molecule has 6 nitrogen and oxygen atoms in total. The largest absolute Gasteiger partial charge is 0.336 e. The number of fused-ring (bicyclic) bond motifs is 2. The number of piperidine rings is 1. The van der Waals surface area contributed by atoms with Crippen molar-refractivity contribution in [3.8, 4) is 11.4 Å². The average Bonchev–Trinajstić information content (AvgIpc) is 3.35. The topological polar surface area (TPSA) is 63.9 Å². The zero-order valence-electron chi connectivity index (χ0n) is 17.3. The van der Waals surface area contributed by atoms with Gasteiger partial charge in [-0.05, 0) is 44.2 Å². The SMILES string of the molecule is Cc1cc(C(=O)N2CCCC3(CCc4cnc(-c5ccccc5)nc43)C2)nn1C(F)F. The number of hydrogen-bond donors (Lipinski definition) is 0. The van der Waals surface area contributed by atoms with E-state index in [0.717, 1.165) is 42.5 Å². The molecule has 3 aromatic rings. The van der Waals surface area contributed by atoms with E-state index in [1.165, 1.54) is 13.0 Å². The molecule has 5 rings (SSSR count). The van der Waals surface area contributed by atoms with Crippen LogP contribution in [0.1, 0.15) is 53.3 Å². The lowest BCUT2D eigenvalue weighted by Crippen LogP contribution is -2.48. The molecule has 1 aliphatic heterocycles. The van der Waals surface area contributed by atoms with Crippen molar-refractivity contribution in [1.82, 2.24) is 24.6 Å². The fourth-order valence-corrected chi connectivity index (χ4v) is 4.92. The summed E-state index contributed by atoms with van der Waals surface area (Å²) in [5, 5.41) is 3.85. The molecule has 160 valence electrons. The molecular formula is C23H23F2N5O. The number of benzene rings is 1. The molecule has 1 fully saturated rings. The number of nitrogens with zero attached hydrogens (tertiary/aromatic N) is 5. The van der Waals surface area contributed by atoms with E-state index in [-0.39, 0.29) is 22.7 Å². The molecule has 1 spiro atoms. The first-order valence-electron chi connectivity index (χ1n) is 10.5. The summed E-state index contributed by atoms with van der Waals surface area (Å²) in [5.41, 5.74) is 3.23. The third-order valence-electron chi connectivity index (χ3n) is 6.46. The standard InChI is InChI=1S/C23H23F2N5O/c1-15-12-18(28-30(15)22(24)25)21(31)29-11-5-9-23(14-29)10-8-17-13-26-20(27-19(17)23)16-6-3-2-4-7-16/h2-4,6-7,12-13,22H,5,8-11,14H2,1H3. The van der Waals surface area contributed by atoms with Gasteiger partial charge in [-0.15, -0.1) is 0 Å². The monoisotopic (exact) mass is 423 g/mol. The zero-order valence-corrected chi connectivity index (χ0v) is 17.3. The molecule has 1 aromatic carbocycles. The summed E-state index contributed by atoms with van der Waals surface area (Å²) in [4.78, 5) is 24.3. The maximum atomic E-state index is 13.1. The Labute approximate surface area is 178 Å². The summed E-state index contributed by atoms with van der Waals surface area (Å²) in [6.45, 7) is -0.121. The molecule has 8 heteroatoms. The normalized spacial score (nSPS) is 20.5. The molecule has 2 aliphatic rings. The summed E-state index contributed by atoms with van der Waals surface area (Å²) in [7, 11) is 0. The summed E-state index contributed by atoms with van der Waals surface area (Å²) in [5.74, 6) is 0.391. The van der Waals surface area contributed by atoms with Crippen LogP contribution < -0.4 is 0 Å². The minimum absolute atomic E-state index is 0.0701. The van der Waals surface area contributed by atoms with Crippen molar-refractivity contribution in [3.63, 3.8) is 0 Å². The first kappa shape index (κ1) is 19.8. The fraction of sp³-hybridized carbons (Fsp3) is 0.391. The Kier molecular flexibility index (Phi) is 4.79. The number of rotatable bonds is 3. The van der Waals surface area contributed by atoms with Crippen molar-refractivity contribution >= 4 is 5.91 Å². The number of amides is 1. The number of carbonyl (C=O) groups excluding carboxylic acids is 1. The second-order valence-electron chi connectivity index (χ2n) is 8.44. The Hall–Kier alpha value is -3.16.